The molecule has 5 heteroatoms. The number of hydrogen-bond donors (Lipinski definition) is 1. The van der Waals surface area contributed by atoms with Crippen molar-refractivity contribution in [1.82, 2.24) is 4.57 Å². The first kappa shape index (κ1) is 11.7. The van der Waals surface area contributed by atoms with Gasteiger partial charge in [-0.05, 0) is 24.3 Å². The summed E-state index contributed by atoms with van der Waals surface area (Å²) in [5.41, 5.74) is 2.82. The van der Waals surface area contributed by atoms with Crippen LogP contribution >= 0.6 is 0 Å². The van der Waals surface area contributed by atoms with Gasteiger partial charge >= 0.3 is 5.97 Å². The monoisotopic (exact) mass is 278 g/mol. The Hall–Kier alpha value is -3.08. The average molecular weight is 278 g/mol. The Kier molecular flexibility index (Phi) is 2.35. The molecule has 21 heavy (non-hydrogen) atoms. The van der Waals surface area contributed by atoms with Crippen LogP contribution in [-0.4, -0.2) is 21.9 Å². The van der Waals surface area contributed by atoms with Gasteiger partial charge in [0.05, 0.1) is 23.0 Å². The number of aromatic nitrogens is 1. The largest absolute Gasteiger partial charge is 0.478 e. The number of carboxylic acid groups (broad SMARTS) is 1. The van der Waals surface area contributed by atoms with Gasteiger partial charge in [-0.2, -0.15) is 0 Å². The van der Waals surface area contributed by atoms with Gasteiger partial charge in [-0.1, -0.05) is 6.07 Å². The third-order valence-electron chi connectivity index (χ3n) is 3.53. The van der Waals surface area contributed by atoms with Gasteiger partial charge < -0.3 is 14.1 Å². The molecule has 1 aliphatic heterocycles. The molecule has 0 bridgehead atoms. The van der Waals surface area contributed by atoms with Crippen LogP contribution in [0.3, 0.4) is 0 Å². The van der Waals surface area contributed by atoms with Crippen LogP contribution < -0.4 is 0 Å². The van der Waals surface area contributed by atoms with Gasteiger partial charge in [0.1, 0.15) is 0 Å². The van der Waals surface area contributed by atoms with Gasteiger partial charge in [0, 0.05) is 29.6 Å². The predicted octanol–water partition coefficient (Wildman–Crippen LogP) is 3.46. The molecule has 5 nitrogen and oxygen atoms in total. The van der Waals surface area contributed by atoms with Crippen LogP contribution in [-0.2, 0) is 0 Å². The van der Waals surface area contributed by atoms with E-state index in [9.17, 15) is 4.79 Å². The lowest BCUT2D eigenvalue weighted by Gasteiger charge is -2.06. The van der Waals surface area contributed by atoms with Crippen LogP contribution in [0.1, 0.15) is 15.9 Å². The fraction of sp³-hybridized carbons (Fsp3) is 0. The molecule has 2 aromatic heterocycles. The zero-order valence-electron chi connectivity index (χ0n) is 10.9. The summed E-state index contributed by atoms with van der Waals surface area (Å²) in [5, 5.41) is 10.1. The number of aromatic carboxylic acids is 1. The average Bonchev–Trinajstić information content (AvgIpc) is 3.04. The van der Waals surface area contributed by atoms with Crippen LogP contribution in [0.25, 0.3) is 28.6 Å². The molecule has 0 aliphatic carbocycles. The van der Waals surface area contributed by atoms with E-state index in [1.807, 2.05) is 16.7 Å². The number of aliphatic imine (C=N–C) groups is 1. The summed E-state index contributed by atoms with van der Waals surface area (Å²) >= 11 is 0. The van der Waals surface area contributed by atoms with E-state index in [0.717, 1.165) is 27.9 Å². The van der Waals surface area contributed by atoms with E-state index in [-0.39, 0.29) is 5.56 Å². The van der Waals surface area contributed by atoms with E-state index in [0.29, 0.717) is 0 Å². The Morgan fingerprint density at radius 2 is 2.14 bits per heavy atom. The molecule has 3 heterocycles. The quantitative estimate of drug-likeness (QED) is 0.741. The molecule has 0 radical (unpaired) electrons. The number of fused-ring (bicyclic) bond motifs is 5. The normalized spacial score (nSPS) is 14.3. The molecular weight excluding hydrogens is 268 g/mol. The van der Waals surface area contributed by atoms with Crippen LogP contribution in [0.4, 0.5) is 0 Å². The van der Waals surface area contributed by atoms with Crippen LogP contribution in [0.5, 0.6) is 0 Å². The molecule has 0 saturated heterocycles. The second-order valence-electron chi connectivity index (χ2n) is 4.76. The predicted molar refractivity (Wildman–Crippen MR) is 79.5 cm³/mol. The first-order chi connectivity index (χ1) is 10.2. The molecule has 1 aliphatic rings. The molecule has 0 fully saturated rings. The van der Waals surface area contributed by atoms with Crippen molar-refractivity contribution in [3.05, 3.63) is 53.9 Å². The summed E-state index contributed by atoms with van der Waals surface area (Å²) < 4.78 is 7.45. The van der Waals surface area contributed by atoms with Gasteiger partial charge in [0.2, 0.25) is 0 Å². The number of hydrogen-bond acceptors (Lipinski definition) is 3. The number of carboxylic acids is 1. The Labute approximate surface area is 119 Å². The second kappa shape index (κ2) is 4.21. The maximum absolute atomic E-state index is 11.1. The molecule has 0 amide bonds. The molecule has 0 spiro atoms. The topological polar surface area (TPSA) is 67.7 Å². The van der Waals surface area contributed by atoms with Crippen LogP contribution in [0.2, 0.25) is 0 Å². The minimum atomic E-state index is -0.945. The molecule has 102 valence electrons. The molecule has 3 aromatic rings. The Morgan fingerprint density at radius 3 is 3.00 bits per heavy atom. The number of carbonyl (C=O) groups is 1. The molecule has 0 unspecified atom stereocenters. The smallest absolute Gasteiger partial charge is 0.335 e. The highest BCUT2D eigenvalue weighted by Gasteiger charge is 2.17. The third-order valence-corrected chi connectivity index (χ3v) is 3.53. The molecule has 4 rings (SSSR count). The van der Waals surface area contributed by atoms with Gasteiger partial charge in [0.25, 0.3) is 0 Å². The molecular formula is C16H10N2O3. The molecule has 1 aromatic carbocycles. The lowest BCUT2D eigenvalue weighted by Crippen LogP contribution is -1.97. The zero-order valence-corrected chi connectivity index (χ0v) is 10.9. The fourth-order valence-electron chi connectivity index (χ4n) is 2.55. The molecule has 1 N–H and O–H groups in total. The third kappa shape index (κ3) is 1.71. The Bertz CT molecular complexity index is 928. The van der Waals surface area contributed by atoms with Crippen LogP contribution in [0, 0.1) is 0 Å². The fourth-order valence-corrected chi connectivity index (χ4v) is 2.55. The standard InChI is InChI=1S/C16H10N2O3/c19-16(20)11-2-1-10-7-14-15-12(3-6-21-15)9-17-4-5-18(14)13(10)8-11/h1-9H,(H,19,20)/b5-4-,17-9?. The summed E-state index contributed by atoms with van der Waals surface area (Å²) in [6.07, 6.45) is 6.82. The van der Waals surface area contributed by atoms with Crippen molar-refractivity contribution in [1.29, 1.82) is 0 Å². The van der Waals surface area contributed by atoms with Crippen molar-refractivity contribution < 1.29 is 14.3 Å². The lowest BCUT2D eigenvalue weighted by atomic mass is 10.1. The number of nitrogens with zero attached hydrogens (tertiary/aromatic N) is 2. The van der Waals surface area contributed by atoms with Crippen LogP contribution in [0.15, 0.2) is 52.2 Å². The maximum Gasteiger partial charge on any atom is 0.335 e. The number of furan rings is 1. The van der Waals surface area contributed by atoms with Gasteiger partial charge in [0.15, 0.2) is 5.76 Å². The van der Waals surface area contributed by atoms with Crippen molar-refractivity contribution in [3.63, 3.8) is 0 Å². The van der Waals surface area contributed by atoms with E-state index in [1.54, 1.807) is 43.1 Å². The first-order valence-corrected chi connectivity index (χ1v) is 6.40. The lowest BCUT2D eigenvalue weighted by molar-refractivity contribution is 0.0697. The Balaban J connectivity index is 2.07. The molecule has 0 saturated carbocycles. The van der Waals surface area contributed by atoms with Gasteiger partial charge in [-0.3, -0.25) is 4.99 Å². The van der Waals surface area contributed by atoms with E-state index in [4.69, 9.17) is 9.52 Å². The van der Waals surface area contributed by atoms with Crippen molar-refractivity contribution in [3.8, 4) is 11.5 Å². The Morgan fingerprint density at radius 1 is 1.24 bits per heavy atom. The van der Waals surface area contributed by atoms with Crippen molar-refractivity contribution in [2.24, 2.45) is 4.99 Å². The second-order valence-corrected chi connectivity index (χ2v) is 4.76. The van der Waals surface area contributed by atoms with E-state index in [1.165, 1.54) is 0 Å². The summed E-state index contributed by atoms with van der Waals surface area (Å²) in [5.74, 6) is -0.227. The summed E-state index contributed by atoms with van der Waals surface area (Å²) in [6, 6.07) is 8.88. The maximum atomic E-state index is 11.1. The van der Waals surface area contributed by atoms with E-state index in [2.05, 4.69) is 4.99 Å². The number of rotatable bonds is 1. The molecule has 0 atom stereocenters. The summed E-state index contributed by atoms with van der Waals surface area (Å²) in [4.78, 5) is 15.3. The summed E-state index contributed by atoms with van der Waals surface area (Å²) in [6.45, 7) is 0. The van der Waals surface area contributed by atoms with Gasteiger partial charge in [-0.25, -0.2) is 4.79 Å². The highest BCUT2D eigenvalue weighted by Crippen LogP contribution is 2.32. The minimum absolute atomic E-state index is 0.252. The zero-order chi connectivity index (χ0) is 14.4. The highest BCUT2D eigenvalue weighted by molar-refractivity contribution is 5.98. The minimum Gasteiger partial charge on any atom is -0.478 e. The van der Waals surface area contributed by atoms with Crippen molar-refractivity contribution in [2.75, 3.05) is 0 Å². The van der Waals surface area contributed by atoms with E-state index >= 15 is 0 Å². The SMILES string of the molecule is O=C(O)c1ccc2cc3n(c2c1)/C=C\N=Cc1ccoc1-3. The van der Waals surface area contributed by atoms with Gasteiger partial charge in [-0.15, -0.1) is 0 Å². The first-order valence-electron chi connectivity index (χ1n) is 6.40. The summed E-state index contributed by atoms with van der Waals surface area (Å²) in [7, 11) is 0. The van der Waals surface area contributed by atoms with Crippen molar-refractivity contribution in [2.45, 2.75) is 0 Å². The van der Waals surface area contributed by atoms with E-state index < -0.39 is 5.97 Å². The van der Waals surface area contributed by atoms with Crippen molar-refractivity contribution >= 4 is 29.3 Å². The number of benzene rings is 1. The highest BCUT2D eigenvalue weighted by atomic mass is 16.4.